The van der Waals surface area contributed by atoms with Crippen LogP contribution in [0.25, 0.3) is 0 Å². The topological polar surface area (TPSA) is 75.4 Å². The predicted octanol–water partition coefficient (Wildman–Crippen LogP) is 2.46. The number of hydrogen-bond donors (Lipinski definition) is 2. The van der Waals surface area contributed by atoms with Gasteiger partial charge in [0, 0.05) is 24.7 Å². The standard InChI is InChI=1S/C14H15Cl2N3O2S/c15-10-2-1-9(7-11(10)16)18-13(21)14(22)19-5-3-8(4-6-19)12(17)20/h1-2,7-8H,3-6H2,(H2,17,20)(H,18,21). The summed E-state index contributed by atoms with van der Waals surface area (Å²) < 4.78 is 0. The molecule has 5 nitrogen and oxygen atoms in total. The fourth-order valence-corrected chi connectivity index (χ4v) is 2.80. The van der Waals surface area contributed by atoms with E-state index >= 15 is 0 Å². The summed E-state index contributed by atoms with van der Waals surface area (Å²) in [6.45, 7) is 1.09. The summed E-state index contributed by atoms with van der Waals surface area (Å²) in [5.41, 5.74) is 5.81. The molecule has 1 fully saturated rings. The number of anilines is 1. The number of halogens is 2. The Balaban J connectivity index is 1.94. The maximum absolute atomic E-state index is 12.2. The van der Waals surface area contributed by atoms with Crippen molar-refractivity contribution in [3.63, 3.8) is 0 Å². The first-order chi connectivity index (χ1) is 10.4. The van der Waals surface area contributed by atoms with Gasteiger partial charge in [0.1, 0.15) is 0 Å². The summed E-state index contributed by atoms with van der Waals surface area (Å²) in [6.07, 6.45) is 1.21. The maximum atomic E-state index is 12.2. The zero-order valence-electron chi connectivity index (χ0n) is 11.6. The van der Waals surface area contributed by atoms with Crippen LogP contribution in [0.2, 0.25) is 10.0 Å². The molecule has 8 heteroatoms. The van der Waals surface area contributed by atoms with Crippen LogP contribution in [-0.2, 0) is 9.59 Å². The molecule has 0 atom stereocenters. The average Bonchev–Trinajstić information content (AvgIpc) is 2.50. The van der Waals surface area contributed by atoms with Crippen molar-refractivity contribution in [2.24, 2.45) is 11.7 Å². The second-order valence-electron chi connectivity index (χ2n) is 5.05. The Labute approximate surface area is 143 Å². The molecule has 118 valence electrons. The van der Waals surface area contributed by atoms with Crippen molar-refractivity contribution in [2.45, 2.75) is 12.8 Å². The number of nitrogens with zero attached hydrogens (tertiary/aromatic N) is 1. The molecule has 0 radical (unpaired) electrons. The molecule has 2 rings (SSSR count). The molecule has 22 heavy (non-hydrogen) atoms. The maximum Gasteiger partial charge on any atom is 0.283 e. The number of benzene rings is 1. The number of carbonyl (C=O) groups is 2. The Kier molecular flexibility index (Phi) is 5.61. The average molecular weight is 360 g/mol. The van der Waals surface area contributed by atoms with Gasteiger partial charge in [-0.3, -0.25) is 9.59 Å². The minimum atomic E-state index is -0.383. The fourth-order valence-electron chi connectivity index (χ4n) is 2.27. The van der Waals surface area contributed by atoms with Gasteiger partial charge in [-0.2, -0.15) is 0 Å². The lowest BCUT2D eigenvalue weighted by atomic mass is 9.96. The zero-order valence-corrected chi connectivity index (χ0v) is 14.0. The van der Waals surface area contributed by atoms with Crippen molar-refractivity contribution in [1.82, 2.24) is 4.90 Å². The van der Waals surface area contributed by atoms with Crippen LogP contribution in [-0.4, -0.2) is 34.8 Å². The van der Waals surface area contributed by atoms with Crippen molar-refractivity contribution in [3.05, 3.63) is 28.2 Å². The van der Waals surface area contributed by atoms with Gasteiger partial charge in [-0.1, -0.05) is 35.4 Å². The lowest BCUT2D eigenvalue weighted by Crippen LogP contribution is -2.45. The Hall–Kier alpha value is -1.37. The minimum absolute atomic E-state index is 0.141. The number of hydrogen-bond acceptors (Lipinski definition) is 3. The number of likely N-dealkylation sites (tertiary alicyclic amines) is 1. The number of piperidine rings is 1. The highest BCUT2D eigenvalue weighted by molar-refractivity contribution is 7.82. The largest absolute Gasteiger partial charge is 0.369 e. The highest BCUT2D eigenvalue weighted by Crippen LogP contribution is 2.25. The molecule has 0 aromatic heterocycles. The summed E-state index contributed by atoms with van der Waals surface area (Å²) in [4.78, 5) is 25.3. The van der Waals surface area contributed by atoms with Crippen LogP contribution >= 0.6 is 35.4 Å². The highest BCUT2D eigenvalue weighted by atomic mass is 35.5. The first kappa shape index (κ1) is 17.0. The molecular weight excluding hydrogens is 345 g/mol. The summed E-state index contributed by atoms with van der Waals surface area (Å²) >= 11 is 16.9. The van der Waals surface area contributed by atoms with E-state index in [2.05, 4.69) is 5.32 Å². The van der Waals surface area contributed by atoms with Gasteiger partial charge in [0.2, 0.25) is 5.91 Å². The number of rotatable bonds is 2. The summed E-state index contributed by atoms with van der Waals surface area (Å²) in [7, 11) is 0. The number of nitrogens with one attached hydrogen (secondary N) is 1. The predicted molar refractivity (Wildman–Crippen MR) is 91.2 cm³/mol. The summed E-state index contributed by atoms with van der Waals surface area (Å²) in [5, 5.41) is 3.45. The van der Waals surface area contributed by atoms with Crippen LogP contribution in [0.15, 0.2) is 18.2 Å². The third kappa shape index (κ3) is 4.09. The molecule has 1 aliphatic rings. The van der Waals surface area contributed by atoms with Crippen LogP contribution in [0.1, 0.15) is 12.8 Å². The number of carbonyl (C=O) groups excluding carboxylic acids is 2. The van der Waals surface area contributed by atoms with Gasteiger partial charge in [0.15, 0.2) is 4.99 Å². The number of primary amides is 1. The van der Waals surface area contributed by atoms with Gasteiger partial charge in [0.25, 0.3) is 5.91 Å². The van der Waals surface area contributed by atoms with E-state index in [0.29, 0.717) is 41.7 Å². The third-order valence-corrected chi connectivity index (χ3v) is 4.74. The van der Waals surface area contributed by atoms with Gasteiger partial charge in [0.05, 0.1) is 10.0 Å². The number of nitrogens with two attached hydrogens (primary N) is 1. The molecule has 0 saturated carbocycles. The number of amides is 2. The molecule has 0 bridgehead atoms. The molecule has 1 saturated heterocycles. The molecular formula is C14H15Cl2N3O2S. The minimum Gasteiger partial charge on any atom is -0.369 e. The number of thiocarbonyl (C=S) groups is 1. The van der Waals surface area contributed by atoms with E-state index in [-0.39, 0.29) is 22.7 Å². The van der Waals surface area contributed by atoms with Gasteiger partial charge in [-0.15, -0.1) is 0 Å². The van der Waals surface area contributed by atoms with Crippen LogP contribution in [0.4, 0.5) is 5.69 Å². The SMILES string of the molecule is NC(=O)C1CCN(C(=S)C(=O)Nc2ccc(Cl)c(Cl)c2)CC1. The summed E-state index contributed by atoms with van der Waals surface area (Å²) in [5.74, 6) is -0.825. The second-order valence-corrected chi connectivity index (χ2v) is 6.25. The van der Waals surface area contributed by atoms with Gasteiger partial charge in [-0.25, -0.2) is 0 Å². The van der Waals surface area contributed by atoms with E-state index in [0.717, 1.165) is 0 Å². The highest BCUT2D eigenvalue weighted by Gasteiger charge is 2.26. The first-order valence-corrected chi connectivity index (χ1v) is 7.89. The monoisotopic (exact) mass is 359 g/mol. The van der Waals surface area contributed by atoms with Crippen molar-refractivity contribution >= 4 is 57.9 Å². The Bertz CT molecular complexity index is 616. The quantitative estimate of drug-likeness (QED) is 0.795. The molecule has 0 unspecified atom stereocenters. The molecule has 2 amide bonds. The van der Waals surface area contributed by atoms with Crippen molar-refractivity contribution in [1.29, 1.82) is 0 Å². The fraction of sp³-hybridized carbons (Fsp3) is 0.357. The first-order valence-electron chi connectivity index (χ1n) is 6.73. The lowest BCUT2D eigenvalue weighted by Gasteiger charge is -2.31. The van der Waals surface area contributed by atoms with Gasteiger partial charge >= 0.3 is 0 Å². The van der Waals surface area contributed by atoms with Crippen LogP contribution in [0, 0.1) is 5.92 Å². The van der Waals surface area contributed by atoms with Crippen LogP contribution in [0.5, 0.6) is 0 Å². The molecule has 0 spiro atoms. The normalized spacial score (nSPS) is 15.5. The second kappa shape index (κ2) is 7.26. The van der Waals surface area contributed by atoms with Crippen LogP contribution < -0.4 is 11.1 Å². The molecule has 1 aromatic carbocycles. The molecule has 1 aromatic rings. The van der Waals surface area contributed by atoms with Crippen molar-refractivity contribution in [3.8, 4) is 0 Å². The van der Waals surface area contributed by atoms with Crippen molar-refractivity contribution < 1.29 is 9.59 Å². The van der Waals surface area contributed by atoms with Gasteiger partial charge < -0.3 is 16.0 Å². The lowest BCUT2D eigenvalue weighted by molar-refractivity contribution is -0.122. The van der Waals surface area contributed by atoms with E-state index < -0.39 is 0 Å². The third-order valence-electron chi connectivity index (χ3n) is 3.56. The van der Waals surface area contributed by atoms with E-state index in [1.54, 1.807) is 23.1 Å². The van der Waals surface area contributed by atoms with Gasteiger partial charge in [-0.05, 0) is 31.0 Å². The van der Waals surface area contributed by atoms with Crippen LogP contribution in [0.3, 0.4) is 0 Å². The summed E-state index contributed by atoms with van der Waals surface area (Å²) in [6, 6.07) is 4.80. The Morgan fingerprint density at radius 3 is 2.41 bits per heavy atom. The van der Waals surface area contributed by atoms with Crippen molar-refractivity contribution in [2.75, 3.05) is 18.4 Å². The van der Waals surface area contributed by atoms with E-state index in [9.17, 15) is 9.59 Å². The van der Waals surface area contributed by atoms with E-state index in [1.807, 2.05) is 0 Å². The Morgan fingerprint density at radius 1 is 1.23 bits per heavy atom. The molecule has 0 aliphatic carbocycles. The smallest absolute Gasteiger partial charge is 0.283 e. The Morgan fingerprint density at radius 2 is 1.86 bits per heavy atom. The molecule has 1 aliphatic heterocycles. The van der Waals surface area contributed by atoms with E-state index in [4.69, 9.17) is 41.2 Å². The van der Waals surface area contributed by atoms with E-state index in [1.165, 1.54) is 0 Å². The zero-order chi connectivity index (χ0) is 16.3. The molecule has 3 N–H and O–H groups in total. The molecule has 1 heterocycles.